The van der Waals surface area contributed by atoms with E-state index in [0.717, 1.165) is 35.8 Å². The van der Waals surface area contributed by atoms with E-state index in [9.17, 15) is 4.79 Å². The molecule has 0 bridgehead atoms. The fourth-order valence-corrected chi connectivity index (χ4v) is 3.44. The van der Waals surface area contributed by atoms with Crippen molar-refractivity contribution in [2.24, 2.45) is 0 Å². The van der Waals surface area contributed by atoms with Crippen LogP contribution in [0.5, 0.6) is 5.75 Å². The molecule has 0 aromatic heterocycles. The van der Waals surface area contributed by atoms with Crippen molar-refractivity contribution in [1.82, 2.24) is 5.32 Å². The molecule has 1 amide bonds. The first kappa shape index (κ1) is 19.7. The summed E-state index contributed by atoms with van der Waals surface area (Å²) in [6.45, 7) is 0.696. The number of methoxy groups -OCH3 is 1. The Balaban J connectivity index is 1.56. The zero-order chi connectivity index (χ0) is 17.9. The van der Waals surface area contributed by atoms with Crippen LogP contribution in [-0.2, 0) is 11.2 Å². The van der Waals surface area contributed by atoms with Crippen LogP contribution in [-0.4, -0.2) is 25.3 Å². The molecular weight excluding hydrogens is 354 g/mol. The third-order valence-electron chi connectivity index (χ3n) is 3.77. The minimum absolute atomic E-state index is 0.122. The molecule has 5 heteroatoms. The Morgan fingerprint density at radius 2 is 1.88 bits per heavy atom. The van der Waals surface area contributed by atoms with Crippen LogP contribution >= 0.6 is 23.4 Å². The van der Waals surface area contributed by atoms with Crippen LogP contribution in [0.2, 0.25) is 5.02 Å². The van der Waals surface area contributed by atoms with Gasteiger partial charge in [0.05, 0.1) is 7.11 Å². The van der Waals surface area contributed by atoms with Crippen molar-refractivity contribution in [2.45, 2.75) is 30.6 Å². The highest BCUT2D eigenvalue weighted by molar-refractivity contribution is 7.99. The van der Waals surface area contributed by atoms with E-state index >= 15 is 0 Å². The number of aryl methyl sites for hydroxylation is 1. The number of hydrogen-bond acceptors (Lipinski definition) is 3. The molecule has 2 aromatic carbocycles. The lowest BCUT2D eigenvalue weighted by Gasteiger charge is -2.09. The molecule has 1 N–H and O–H groups in total. The van der Waals surface area contributed by atoms with Crippen molar-refractivity contribution in [3.05, 3.63) is 59.1 Å². The molecule has 3 nitrogen and oxygen atoms in total. The van der Waals surface area contributed by atoms with Gasteiger partial charge in [0.1, 0.15) is 5.75 Å². The van der Waals surface area contributed by atoms with Crippen LogP contribution in [0, 0.1) is 0 Å². The van der Waals surface area contributed by atoms with Gasteiger partial charge in [-0.25, -0.2) is 0 Å². The van der Waals surface area contributed by atoms with Gasteiger partial charge in [0, 0.05) is 22.9 Å². The number of carbonyl (C=O) groups excluding carboxylic acids is 1. The zero-order valence-corrected chi connectivity index (χ0v) is 16.0. The summed E-state index contributed by atoms with van der Waals surface area (Å²) in [7, 11) is 1.68. The van der Waals surface area contributed by atoms with E-state index < -0.39 is 0 Å². The molecular formula is C20H24ClNO2S. The summed E-state index contributed by atoms with van der Waals surface area (Å²) < 4.78 is 5.33. The minimum Gasteiger partial charge on any atom is -0.496 e. The van der Waals surface area contributed by atoms with E-state index in [-0.39, 0.29) is 5.91 Å². The van der Waals surface area contributed by atoms with Crippen LogP contribution in [0.4, 0.5) is 0 Å². The van der Waals surface area contributed by atoms with Gasteiger partial charge < -0.3 is 10.1 Å². The SMILES string of the molecule is COc1ccccc1CCCNC(=O)CCCSc1ccc(Cl)cc1. The minimum atomic E-state index is 0.122. The Hall–Kier alpha value is -1.65. The predicted molar refractivity (Wildman–Crippen MR) is 106 cm³/mol. The lowest BCUT2D eigenvalue weighted by Crippen LogP contribution is -2.24. The highest BCUT2D eigenvalue weighted by atomic mass is 35.5. The standard InChI is InChI=1S/C20H24ClNO2S/c1-24-19-8-3-2-6-16(19)7-4-14-22-20(23)9-5-15-25-18-12-10-17(21)11-13-18/h2-3,6,8,10-13H,4-5,7,9,14-15H2,1H3,(H,22,23). The highest BCUT2D eigenvalue weighted by Crippen LogP contribution is 2.21. The molecule has 0 fully saturated rings. The van der Waals surface area contributed by atoms with Gasteiger partial charge in [-0.1, -0.05) is 29.8 Å². The van der Waals surface area contributed by atoms with Gasteiger partial charge in [-0.05, 0) is 60.9 Å². The summed E-state index contributed by atoms with van der Waals surface area (Å²) >= 11 is 7.61. The largest absolute Gasteiger partial charge is 0.496 e. The number of ether oxygens (including phenoxy) is 1. The Morgan fingerprint density at radius 1 is 1.12 bits per heavy atom. The lowest BCUT2D eigenvalue weighted by atomic mass is 10.1. The number of benzene rings is 2. The van der Waals surface area contributed by atoms with Crippen molar-refractivity contribution >= 4 is 29.3 Å². The van der Waals surface area contributed by atoms with Crippen molar-refractivity contribution < 1.29 is 9.53 Å². The first-order valence-corrected chi connectivity index (χ1v) is 9.82. The van der Waals surface area contributed by atoms with Crippen molar-refractivity contribution in [2.75, 3.05) is 19.4 Å². The van der Waals surface area contributed by atoms with Crippen LogP contribution < -0.4 is 10.1 Å². The molecule has 0 heterocycles. The molecule has 0 saturated carbocycles. The van der Waals surface area contributed by atoms with Gasteiger partial charge in [-0.3, -0.25) is 4.79 Å². The normalized spacial score (nSPS) is 10.5. The summed E-state index contributed by atoms with van der Waals surface area (Å²) in [5.41, 5.74) is 1.18. The number of rotatable bonds is 10. The molecule has 2 rings (SSSR count). The first-order valence-electron chi connectivity index (χ1n) is 8.46. The van der Waals surface area contributed by atoms with Gasteiger partial charge in [0.2, 0.25) is 5.91 Å². The lowest BCUT2D eigenvalue weighted by molar-refractivity contribution is -0.121. The van der Waals surface area contributed by atoms with E-state index in [4.69, 9.17) is 16.3 Å². The van der Waals surface area contributed by atoms with Crippen LogP contribution in [0.15, 0.2) is 53.4 Å². The fourth-order valence-electron chi connectivity index (χ4n) is 2.46. The second-order valence-electron chi connectivity index (χ2n) is 5.67. The molecule has 0 aliphatic heterocycles. The van der Waals surface area contributed by atoms with Crippen LogP contribution in [0.1, 0.15) is 24.8 Å². The molecule has 0 unspecified atom stereocenters. The number of halogens is 1. The van der Waals surface area contributed by atoms with Gasteiger partial charge in [-0.15, -0.1) is 11.8 Å². The second-order valence-corrected chi connectivity index (χ2v) is 7.28. The fraction of sp³-hybridized carbons (Fsp3) is 0.350. The smallest absolute Gasteiger partial charge is 0.220 e. The summed E-state index contributed by atoms with van der Waals surface area (Å²) in [5, 5.41) is 3.74. The summed E-state index contributed by atoms with van der Waals surface area (Å²) in [4.78, 5) is 13.1. The molecule has 2 aromatic rings. The highest BCUT2D eigenvalue weighted by Gasteiger charge is 2.04. The third-order valence-corrected chi connectivity index (χ3v) is 5.12. The average molecular weight is 378 g/mol. The number of amides is 1. The Labute approximate surface area is 159 Å². The monoisotopic (exact) mass is 377 g/mol. The van der Waals surface area contributed by atoms with E-state index in [1.54, 1.807) is 18.9 Å². The first-order chi connectivity index (χ1) is 12.2. The summed E-state index contributed by atoms with van der Waals surface area (Å²) in [5.74, 6) is 1.96. The average Bonchev–Trinajstić information content (AvgIpc) is 2.64. The van der Waals surface area contributed by atoms with E-state index in [1.165, 1.54) is 10.5 Å². The van der Waals surface area contributed by atoms with Gasteiger partial charge in [0.15, 0.2) is 0 Å². The van der Waals surface area contributed by atoms with Crippen LogP contribution in [0.25, 0.3) is 0 Å². The van der Waals surface area contributed by atoms with E-state index in [0.29, 0.717) is 13.0 Å². The molecule has 25 heavy (non-hydrogen) atoms. The molecule has 0 spiro atoms. The summed E-state index contributed by atoms with van der Waals surface area (Å²) in [6, 6.07) is 15.8. The predicted octanol–water partition coefficient (Wildman–Crippen LogP) is 4.97. The zero-order valence-electron chi connectivity index (χ0n) is 14.5. The number of carbonyl (C=O) groups is 1. The maximum atomic E-state index is 11.9. The molecule has 0 aliphatic carbocycles. The third kappa shape index (κ3) is 7.41. The van der Waals surface area contributed by atoms with Gasteiger partial charge in [-0.2, -0.15) is 0 Å². The second kappa shape index (κ2) is 11.1. The van der Waals surface area contributed by atoms with Crippen molar-refractivity contribution in [3.8, 4) is 5.75 Å². The van der Waals surface area contributed by atoms with E-state index in [1.807, 2.05) is 42.5 Å². The maximum absolute atomic E-state index is 11.9. The molecule has 0 radical (unpaired) electrons. The number of hydrogen-bond donors (Lipinski definition) is 1. The van der Waals surface area contributed by atoms with Crippen molar-refractivity contribution in [3.63, 3.8) is 0 Å². The number of nitrogens with one attached hydrogen (secondary N) is 1. The number of para-hydroxylation sites is 1. The topological polar surface area (TPSA) is 38.3 Å². The molecule has 0 saturated heterocycles. The molecule has 0 aliphatic rings. The van der Waals surface area contributed by atoms with Crippen molar-refractivity contribution in [1.29, 1.82) is 0 Å². The molecule has 0 atom stereocenters. The van der Waals surface area contributed by atoms with Gasteiger partial charge >= 0.3 is 0 Å². The summed E-state index contributed by atoms with van der Waals surface area (Å²) in [6.07, 6.45) is 3.24. The van der Waals surface area contributed by atoms with E-state index in [2.05, 4.69) is 11.4 Å². The van der Waals surface area contributed by atoms with Crippen LogP contribution in [0.3, 0.4) is 0 Å². The Kier molecular flexibility index (Phi) is 8.70. The number of thioether (sulfide) groups is 1. The Bertz CT molecular complexity index is 661. The van der Waals surface area contributed by atoms with Gasteiger partial charge in [0.25, 0.3) is 0 Å². The quantitative estimate of drug-likeness (QED) is 0.469. The maximum Gasteiger partial charge on any atom is 0.220 e. The molecule has 134 valence electrons. The Morgan fingerprint density at radius 3 is 2.64 bits per heavy atom.